The minimum atomic E-state index is 0.398. The summed E-state index contributed by atoms with van der Waals surface area (Å²) in [6.45, 7) is 4.33. The molecule has 2 aromatic rings. The van der Waals surface area contributed by atoms with E-state index in [4.69, 9.17) is 0 Å². The van der Waals surface area contributed by atoms with Crippen LogP contribution in [0, 0.1) is 6.92 Å². The van der Waals surface area contributed by atoms with Gasteiger partial charge in [0.15, 0.2) is 0 Å². The number of nitrogens with one attached hydrogen (secondary N) is 1. The number of hydrogen-bond acceptors (Lipinski definition) is 3. The van der Waals surface area contributed by atoms with Crippen molar-refractivity contribution in [2.75, 3.05) is 5.32 Å². The second-order valence-electron chi connectivity index (χ2n) is 3.39. The van der Waals surface area contributed by atoms with Gasteiger partial charge in [-0.1, -0.05) is 0 Å². The Hall–Kier alpha value is -0.800. The van der Waals surface area contributed by atoms with Gasteiger partial charge in [-0.15, -0.1) is 11.3 Å². The zero-order valence-electron chi connectivity index (χ0n) is 8.28. The summed E-state index contributed by atoms with van der Waals surface area (Å²) in [5, 5.41) is 12.2. The normalized spacial score (nSPS) is 12.7. The molecule has 0 radical (unpaired) electrons. The summed E-state index contributed by atoms with van der Waals surface area (Å²) in [4.78, 5) is 0. The van der Waals surface area contributed by atoms with E-state index >= 15 is 0 Å². The van der Waals surface area contributed by atoms with E-state index in [0.717, 1.165) is 0 Å². The fourth-order valence-corrected chi connectivity index (χ4v) is 2.89. The zero-order chi connectivity index (χ0) is 9.97. The van der Waals surface area contributed by atoms with Gasteiger partial charge in [0.2, 0.25) is 0 Å². The zero-order valence-corrected chi connectivity index (χ0v) is 9.91. The Morgan fingerprint density at radius 3 is 2.64 bits per heavy atom. The van der Waals surface area contributed by atoms with E-state index in [2.05, 4.69) is 46.8 Å². The van der Waals surface area contributed by atoms with Crippen molar-refractivity contribution < 1.29 is 0 Å². The molecule has 1 atom stereocenters. The first-order valence-electron chi connectivity index (χ1n) is 4.59. The van der Waals surface area contributed by atoms with Crippen molar-refractivity contribution in [2.45, 2.75) is 19.9 Å². The Morgan fingerprint density at radius 2 is 2.07 bits per heavy atom. The van der Waals surface area contributed by atoms with E-state index in [9.17, 15) is 0 Å². The average molecular weight is 223 g/mol. The highest BCUT2D eigenvalue weighted by Crippen LogP contribution is 2.25. The number of anilines is 1. The number of thiophene rings is 2. The van der Waals surface area contributed by atoms with Crippen LogP contribution < -0.4 is 5.32 Å². The molecule has 1 unspecified atom stereocenters. The smallest absolute Gasteiger partial charge is 0.0494 e. The van der Waals surface area contributed by atoms with Crippen LogP contribution in [0.15, 0.2) is 27.6 Å². The highest BCUT2D eigenvalue weighted by Gasteiger charge is 2.07. The van der Waals surface area contributed by atoms with Crippen LogP contribution in [0.25, 0.3) is 0 Å². The van der Waals surface area contributed by atoms with Gasteiger partial charge in [0, 0.05) is 17.1 Å². The molecular weight excluding hydrogens is 210 g/mol. The van der Waals surface area contributed by atoms with Crippen LogP contribution in [0.3, 0.4) is 0 Å². The lowest BCUT2D eigenvalue weighted by Gasteiger charge is -2.13. The standard InChI is InChI=1S/C11H13NS2/c1-8-5-14-7-11(8)12-9(2)10-3-4-13-6-10/h3-7,9,12H,1-2H3. The second kappa shape index (κ2) is 4.15. The van der Waals surface area contributed by atoms with Crippen molar-refractivity contribution in [1.82, 2.24) is 0 Å². The Labute approximate surface area is 92.4 Å². The molecule has 0 fully saturated rings. The monoisotopic (exact) mass is 223 g/mol. The average Bonchev–Trinajstić information content (AvgIpc) is 2.77. The summed E-state index contributed by atoms with van der Waals surface area (Å²) >= 11 is 3.49. The van der Waals surface area contributed by atoms with Crippen LogP contribution in [0.2, 0.25) is 0 Å². The lowest BCUT2D eigenvalue weighted by atomic mass is 10.2. The van der Waals surface area contributed by atoms with Gasteiger partial charge in [-0.3, -0.25) is 0 Å². The van der Waals surface area contributed by atoms with Crippen LogP contribution in [0.4, 0.5) is 5.69 Å². The van der Waals surface area contributed by atoms with Crippen molar-refractivity contribution in [3.63, 3.8) is 0 Å². The maximum absolute atomic E-state index is 3.51. The molecule has 2 rings (SSSR count). The molecule has 14 heavy (non-hydrogen) atoms. The third-order valence-corrected chi connectivity index (χ3v) is 3.83. The first-order chi connectivity index (χ1) is 6.77. The molecule has 0 amide bonds. The summed E-state index contributed by atoms with van der Waals surface area (Å²) in [7, 11) is 0. The van der Waals surface area contributed by atoms with E-state index in [1.54, 1.807) is 22.7 Å². The third kappa shape index (κ3) is 1.99. The first-order valence-corrected chi connectivity index (χ1v) is 6.47. The molecule has 0 aliphatic heterocycles. The lowest BCUT2D eigenvalue weighted by molar-refractivity contribution is 0.890. The third-order valence-electron chi connectivity index (χ3n) is 2.27. The van der Waals surface area contributed by atoms with Crippen molar-refractivity contribution in [1.29, 1.82) is 0 Å². The molecule has 2 heterocycles. The predicted molar refractivity (Wildman–Crippen MR) is 65.4 cm³/mol. The quantitative estimate of drug-likeness (QED) is 0.818. The Morgan fingerprint density at radius 1 is 1.21 bits per heavy atom. The van der Waals surface area contributed by atoms with Crippen LogP contribution in [0.5, 0.6) is 0 Å². The van der Waals surface area contributed by atoms with Gasteiger partial charge in [0.05, 0.1) is 0 Å². The van der Waals surface area contributed by atoms with Gasteiger partial charge in [-0.05, 0) is 47.2 Å². The summed E-state index contributed by atoms with van der Waals surface area (Å²) in [5.74, 6) is 0. The Bertz CT molecular complexity index is 389. The molecule has 0 saturated carbocycles. The van der Waals surface area contributed by atoms with Gasteiger partial charge >= 0.3 is 0 Å². The molecule has 0 aromatic carbocycles. The van der Waals surface area contributed by atoms with E-state index in [1.807, 2.05) is 0 Å². The molecule has 2 aromatic heterocycles. The highest BCUT2D eigenvalue weighted by atomic mass is 32.1. The predicted octanol–water partition coefficient (Wildman–Crippen LogP) is 4.29. The van der Waals surface area contributed by atoms with Gasteiger partial charge in [0.1, 0.15) is 0 Å². The van der Waals surface area contributed by atoms with Gasteiger partial charge in [-0.25, -0.2) is 0 Å². The van der Waals surface area contributed by atoms with Crippen molar-refractivity contribution in [2.24, 2.45) is 0 Å². The molecular formula is C11H13NS2. The van der Waals surface area contributed by atoms with E-state index in [1.165, 1.54) is 16.8 Å². The Balaban J connectivity index is 2.09. The molecule has 0 bridgehead atoms. The highest BCUT2D eigenvalue weighted by molar-refractivity contribution is 7.08. The number of rotatable bonds is 3. The second-order valence-corrected chi connectivity index (χ2v) is 4.91. The molecule has 0 saturated heterocycles. The maximum Gasteiger partial charge on any atom is 0.0494 e. The van der Waals surface area contributed by atoms with E-state index in [0.29, 0.717) is 6.04 Å². The molecule has 0 spiro atoms. The van der Waals surface area contributed by atoms with Crippen LogP contribution >= 0.6 is 22.7 Å². The number of aryl methyl sites for hydroxylation is 1. The van der Waals surface area contributed by atoms with Crippen molar-refractivity contribution >= 4 is 28.4 Å². The van der Waals surface area contributed by atoms with E-state index < -0.39 is 0 Å². The molecule has 0 aliphatic carbocycles. The van der Waals surface area contributed by atoms with E-state index in [-0.39, 0.29) is 0 Å². The Kier molecular flexibility index (Phi) is 2.89. The summed E-state index contributed by atoms with van der Waals surface area (Å²) in [6.07, 6.45) is 0. The molecule has 0 aliphatic rings. The molecule has 3 heteroatoms. The lowest BCUT2D eigenvalue weighted by Crippen LogP contribution is -2.05. The maximum atomic E-state index is 3.51. The topological polar surface area (TPSA) is 12.0 Å². The summed E-state index contributed by atoms with van der Waals surface area (Å²) in [6, 6.07) is 2.57. The number of hydrogen-bond donors (Lipinski definition) is 1. The fourth-order valence-electron chi connectivity index (χ4n) is 1.35. The molecule has 1 N–H and O–H groups in total. The van der Waals surface area contributed by atoms with Crippen LogP contribution in [0.1, 0.15) is 24.1 Å². The van der Waals surface area contributed by atoms with Crippen molar-refractivity contribution in [3.05, 3.63) is 38.7 Å². The summed E-state index contributed by atoms with van der Waals surface area (Å²) in [5.41, 5.74) is 3.95. The fraction of sp³-hybridized carbons (Fsp3) is 0.273. The van der Waals surface area contributed by atoms with Gasteiger partial charge in [0.25, 0.3) is 0 Å². The van der Waals surface area contributed by atoms with Crippen LogP contribution in [-0.2, 0) is 0 Å². The van der Waals surface area contributed by atoms with Crippen LogP contribution in [-0.4, -0.2) is 0 Å². The van der Waals surface area contributed by atoms with Gasteiger partial charge in [-0.2, -0.15) is 11.3 Å². The summed E-state index contributed by atoms with van der Waals surface area (Å²) < 4.78 is 0. The minimum absolute atomic E-state index is 0.398. The largest absolute Gasteiger partial charge is 0.378 e. The minimum Gasteiger partial charge on any atom is -0.378 e. The molecule has 74 valence electrons. The SMILES string of the molecule is Cc1cscc1NC(C)c1ccsc1. The van der Waals surface area contributed by atoms with Crippen molar-refractivity contribution in [3.8, 4) is 0 Å². The molecule has 1 nitrogen and oxygen atoms in total. The first kappa shape index (κ1) is 9.74. The van der Waals surface area contributed by atoms with Gasteiger partial charge < -0.3 is 5.32 Å².